The monoisotopic (exact) mass is 358 g/mol. The van der Waals surface area contributed by atoms with Gasteiger partial charge in [0.05, 0.1) is 10.5 Å². The van der Waals surface area contributed by atoms with Crippen LogP contribution in [-0.4, -0.2) is 45.3 Å². The van der Waals surface area contributed by atoms with Gasteiger partial charge in [-0.1, -0.05) is 6.92 Å². The number of ether oxygens (including phenoxy) is 1. The molecule has 1 aromatic rings. The first-order chi connectivity index (χ1) is 11.3. The molecule has 136 valence electrons. The Hall–Kier alpha value is -1.64. The van der Waals surface area contributed by atoms with E-state index in [9.17, 15) is 18.3 Å². The molecule has 0 amide bonds. The van der Waals surface area contributed by atoms with Gasteiger partial charge in [0.25, 0.3) is 0 Å². The number of carbonyl (C=O) groups is 1. The molecule has 0 aliphatic rings. The Balaban J connectivity index is 2.91. The van der Waals surface area contributed by atoms with Crippen molar-refractivity contribution in [3.63, 3.8) is 0 Å². The molecule has 0 saturated carbocycles. The molecule has 0 radical (unpaired) electrons. The van der Waals surface area contributed by atoms with Crippen LogP contribution in [0, 0.1) is 0 Å². The second-order valence-corrected chi connectivity index (χ2v) is 7.18. The minimum absolute atomic E-state index is 0.0625. The Labute approximate surface area is 143 Å². The summed E-state index contributed by atoms with van der Waals surface area (Å²) in [4.78, 5) is 11.4. The Morgan fingerprint density at radius 1 is 1.33 bits per heavy atom. The third-order valence-electron chi connectivity index (χ3n) is 3.51. The Morgan fingerprint density at radius 3 is 2.62 bits per heavy atom. The highest BCUT2D eigenvalue weighted by Crippen LogP contribution is 2.22. The smallest absolute Gasteiger partial charge is 0.337 e. The fourth-order valence-electron chi connectivity index (χ4n) is 1.97. The molecule has 0 saturated heterocycles. The van der Waals surface area contributed by atoms with E-state index in [2.05, 4.69) is 10.0 Å². The number of aromatic carboxylic acids is 1. The molecule has 0 aromatic heterocycles. The molecular formula is C16H26N2O5S. The molecule has 1 atom stereocenters. The standard InChI is InChI=1S/C16H26N2O5S/c1-4-12(3)18-15-8-7-13(11-14(15)16(19)20)24(21,22)17-9-6-10-23-5-2/h7-8,11-12,17-18H,4-6,9-10H2,1-3H3,(H,19,20). The third-order valence-corrected chi connectivity index (χ3v) is 4.97. The molecule has 0 aliphatic carbocycles. The number of carboxylic acid groups (broad SMARTS) is 1. The SMILES string of the molecule is CCOCCCNS(=O)(=O)c1ccc(NC(C)CC)c(C(=O)O)c1. The second kappa shape index (κ2) is 9.61. The lowest BCUT2D eigenvalue weighted by Gasteiger charge is -2.16. The van der Waals surface area contributed by atoms with Gasteiger partial charge < -0.3 is 15.2 Å². The molecule has 0 heterocycles. The summed E-state index contributed by atoms with van der Waals surface area (Å²) >= 11 is 0. The summed E-state index contributed by atoms with van der Waals surface area (Å²) < 4.78 is 32.1. The molecule has 0 fully saturated rings. The van der Waals surface area contributed by atoms with E-state index >= 15 is 0 Å². The van der Waals surface area contributed by atoms with Gasteiger partial charge >= 0.3 is 5.97 Å². The fourth-order valence-corrected chi connectivity index (χ4v) is 3.07. The van der Waals surface area contributed by atoms with Crippen molar-refractivity contribution in [3.8, 4) is 0 Å². The Kier molecular flexibility index (Phi) is 8.17. The van der Waals surface area contributed by atoms with Gasteiger partial charge in [-0.2, -0.15) is 0 Å². The number of hydrogen-bond acceptors (Lipinski definition) is 5. The molecule has 1 aromatic carbocycles. The van der Waals surface area contributed by atoms with Crippen LogP contribution >= 0.6 is 0 Å². The number of hydrogen-bond donors (Lipinski definition) is 3. The summed E-state index contributed by atoms with van der Waals surface area (Å²) in [5.74, 6) is -1.17. The highest BCUT2D eigenvalue weighted by molar-refractivity contribution is 7.89. The quantitative estimate of drug-likeness (QED) is 0.524. The topological polar surface area (TPSA) is 105 Å². The van der Waals surface area contributed by atoms with E-state index in [0.717, 1.165) is 6.42 Å². The van der Waals surface area contributed by atoms with Crippen LogP contribution in [0.1, 0.15) is 44.0 Å². The number of carboxylic acids is 1. The van der Waals surface area contributed by atoms with Crippen molar-refractivity contribution in [3.05, 3.63) is 23.8 Å². The summed E-state index contributed by atoms with van der Waals surface area (Å²) in [5.41, 5.74) is 0.347. The number of sulfonamides is 1. The molecule has 1 unspecified atom stereocenters. The van der Waals surface area contributed by atoms with Crippen molar-refractivity contribution >= 4 is 21.7 Å². The van der Waals surface area contributed by atoms with Gasteiger partial charge in [0, 0.05) is 31.5 Å². The van der Waals surface area contributed by atoms with Gasteiger partial charge in [0.15, 0.2) is 0 Å². The van der Waals surface area contributed by atoms with Gasteiger partial charge in [0.1, 0.15) is 0 Å². The van der Waals surface area contributed by atoms with Gasteiger partial charge in [-0.3, -0.25) is 0 Å². The Morgan fingerprint density at radius 2 is 2.04 bits per heavy atom. The van der Waals surface area contributed by atoms with Crippen LogP contribution in [0.3, 0.4) is 0 Å². The molecule has 3 N–H and O–H groups in total. The summed E-state index contributed by atoms with van der Waals surface area (Å²) in [6.07, 6.45) is 1.37. The average Bonchev–Trinajstić information content (AvgIpc) is 2.54. The lowest BCUT2D eigenvalue weighted by Crippen LogP contribution is -2.26. The maximum atomic E-state index is 12.3. The van der Waals surface area contributed by atoms with Crippen LogP contribution in [0.4, 0.5) is 5.69 Å². The zero-order chi connectivity index (χ0) is 18.2. The first-order valence-electron chi connectivity index (χ1n) is 8.03. The average molecular weight is 358 g/mol. The van der Waals surface area contributed by atoms with Gasteiger partial charge in [-0.25, -0.2) is 17.9 Å². The summed E-state index contributed by atoms with van der Waals surface area (Å²) in [6, 6.07) is 4.16. The van der Waals surface area contributed by atoms with E-state index in [4.69, 9.17) is 4.74 Å². The lowest BCUT2D eigenvalue weighted by molar-refractivity contribution is 0.0697. The molecule has 0 aliphatic heterocycles. The van der Waals surface area contributed by atoms with Crippen LogP contribution in [0.5, 0.6) is 0 Å². The zero-order valence-electron chi connectivity index (χ0n) is 14.3. The minimum atomic E-state index is -3.75. The van der Waals surface area contributed by atoms with Crippen LogP contribution < -0.4 is 10.0 Å². The first-order valence-corrected chi connectivity index (χ1v) is 9.51. The summed E-state index contributed by atoms with van der Waals surface area (Å²) in [7, 11) is -3.75. The predicted molar refractivity (Wildman–Crippen MR) is 93.1 cm³/mol. The van der Waals surface area contributed by atoms with E-state index in [1.54, 1.807) is 0 Å². The molecule has 0 bridgehead atoms. The van der Waals surface area contributed by atoms with Crippen LogP contribution in [0.15, 0.2) is 23.1 Å². The van der Waals surface area contributed by atoms with Gasteiger partial charge in [-0.05, 0) is 44.9 Å². The van der Waals surface area contributed by atoms with E-state index in [1.165, 1.54) is 18.2 Å². The van der Waals surface area contributed by atoms with Gasteiger partial charge in [-0.15, -0.1) is 0 Å². The molecular weight excluding hydrogens is 332 g/mol. The highest BCUT2D eigenvalue weighted by atomic mass is 32.2. The lowest BCUT2D eigenvalue weighted by atomic mass is 10.1. The fraction of sp³-hybridized carbons (Fsp3) is 0.562. The van der Waals surface area contributed by atoms with E-state index in [1.807, 2.05) is 20.8 Å². The van der Waals surface area contributed by atoms with Crippen molar-refractivity contribution < 1.29 is 23.1 Å². The summed E-state index contributed by atoms with van der Waals surface area (Å²) in [6.45, 7) is 7.06. The molecule has 1 rings (SSSR count). The number of rotatable bonds is 11. The molecule has 0 spiro atoms. The van der Waals surface area contributed by atoms with Crippen molar-refractivity contribution in [1.29, 1.82) is 0 Å². The largest absolute Gasteiger partial charge is 0.478 e. The maximum absolute atomic E-state index is 12.3. The second-order valence-electron chi connectivity index (χ2n) is 5.41. The number of benzene rings is 1. The first kappa shape index (κ1) is 20.4. The highest BCUT2D eigenvalue weighted by Gasteiger charge is 2.19. The van der Waals surface area contributed by atoms with E-state index in [0.29, 0.717) is 25.3 Å². The molecule has 7 nitrogen and oxygen atoms in total. The van der Waals surface area contributed by atoms with E-state index < -0.39 is 16.0 Å². The zero-order valence-corrected chi connectivity index (χ0v) is 15.1. The predicted octanol–water partition coefficient (Wildman–Crippen LogP) is 2.30. The maximum Gasteiger partial charge on any atom is 0.337 e. The number of nitrogens with one attached hydrogen (secondary N) is 2. The van der Waals surface area contributed by atoms with Crippen LogP contribution in [0.25, 0.3) is 0 Å². The van der Waals surface area contributed by atoms with Crippen molar-refractivity contribution in [2.45, 2.75) is 44.6 Å². The molecule has 8 heteroatoms. The van der Waals surface area contributed by atoms with Gasteiger partial charge in [0.2, 0.25) is 10.0 Å². The van der Waals surface area contributed by atoms with Crippen LogP contribution in [-0.2, 0) is 14.8 Å². The normalized spacial score (nSPS) is 12.8. The number of anilines is 1. The summed E-state index contributed by atoms with van der Waals surface area (Å²) in [5, 5.41) is 12.4. The van der Waals surface area contributed by atoms with Crippen LogP contribution in [0.2, 0.25) is 0 Å². The van der Waals surface area contributed by atoms with Crippen molar-refractivity contribution in [1.82, 2.24) is 4.72 Å². The third kappa shape index (κ3) is 6.10. The van der Waals surface area contributed by atoms with Crippen molar-refractivity contribution in [2.24, 2.45) is 0 Å². The van der Waals surface area contributed by atoms with E-state index in [-0.39, 0.29) is 23.0 Å². The Bertz CT molecular complexity index is 646. The van der Waals surface area contributed by atoms with Crippen molar-refractivity contribution in [2.75, 3.05) is 25.1 Å². The molecule has 24 heavy (non-hydrogen) atoms. The minimum Gasteiger partial charge on any atom is -0.478 e.